The molecule has 98 valence electrons. The first-order chi connectivity index (χ1) is 8.65. The summed E-state index contributed by atoms with van der Waals surface area (Å²) < 4.78 is 10.9. The Balaban J connectivity index is 2.68. The van der Waals surface area contributed by atoms with Crippen LogP contribution < -0.4 is 10.1 Å². The van der Waals surface area contributed by atoms with Crippen molar-refractivity contribution in [1.29, 1.82) is 0 Å². The highest BCUT2D eigenvalue weighted by molar-refractivity contribution is 9.11. The number of carbonyl (C=O) groups excluding carboxylic acids is 1. The van der Waals surface area contributed by atoms with Crippen LogP contribution in [-0.4, -0.2) is 37.8 Å². The highest BCUT2D eigenvalue weighted by atomic mass is 79.9. The van der Waals surface area contributed by atoms with E-state index in [1.54, 1.807) is 25.4 Å². The number of nitrogens with one attached hydrogen (secondary N) is 1. The van der Waals surface area contributed by atoms with Crippen molar-refractivity contribution in [2.24, 2.45) is 0 Å². The van der Waals surface area contributed by atoms with Gasteiger partial charge < -0.3 is 14.8 Å². The zero-order valence-corrected chi connectivity index (χ0v) is 11.7. The smallest absolute Gasteiger partial charge is 0.257 e. The van der Waals surface area contributed by atoms with Crippen LogP contribution in [0.4, 0.5) is 0 Å². The molecule has 1 heterocycles. The summed E-state index contributed by atoms with van der Waals surface area (Å²) in [7, 11) is 1.58. The molecule has 1 N–H and O–H groups in total. The second-order valence-electron chi connectivity index (χ2n) is 3.40. The second-order valence-corrected chi connectivity index (χ2v) is 4.52. The molecule has 0 aliphatic carbocycles. The van der Waals surface area contributed by atoms with E-state index in [-0.39, 0.29) is 5.91 Å². The van der Waals surface area contributed by atoms with Crippen LogP contribution >= 0.6 is 15.9 Å². The van der Waals surface area contributed by atoms with Gasteiger partial charge >= 0.3 is 0 Å². The third kappa shape index (κ3) is 4.85. The average molecular weight is 315 g/mol. The maximum Gasteiger partial charge on any atom is 0.257 e. The van der Waals surface area contributed by atoms with E-state index in [1.807, 2.05) is 0 Å². The molecule has 5 nitrogen and oxygen atoms in total. The number of halogens is 1. The number of nitrogens with zero attached hydrogens (tertiary/aromatic N) is 1. The van der Waals surface area contributed by atoms with Gasteiger partial charge in [-0.15, -0.1) is 0 Å². The van der Waals surface area contributed by atoms with E-state index >= 15 is 0 Å². The first-order valence-corrected chi connectivity index (χ1v) is 6.12. The van der Waals surface area contributed by atoms with Gasteiger partial charge in [0, 0.05) is 24.3 Å². The molecule has 0 aromatic carbocycles. The first kappa shape index (κ1) is 14.7. The van der Waals surface area contributed by atoms with Gasteiger partial charge in [-0.1, -0.05) is 22.5 Å². The summed E-state index contributed by atoms with van der Waals surface area (Å²) in [4.78, 5) is 15.9. The van der Waals surface area contributed by atoms with Crippen molar-refractivity contribution in [3.8, 4) is 5.88 Å². The van der Waals surface area contributed by atoms with Gasteiger partial charge in [0.15, 0.2) is 0 Å². The Morgan fingerprint density at radius 1 is 1.56 bits per heavy atom. The van der Waals surface area contributed by atoms with E-state index in [2.05, 4.69) is 32.8 Å². The summed E-state index contributed by atoms with van der Waals surface area (Å²) in [5.41, 5.74) is 0.391. The molecule has 1 rings (SSSR count). The van der Waals surface area contributed by atoms with Crippen LogP contribution in [0, 0.1) is 0 Å². The molecule has 0 radical (unpaired) electrons. The van der Waals surface area contributed by atoms with E-state index in [0.29, 0.717) is 35.7 Å². The Kier molecular flexibility index (Phi) is 6.38. The number of amides is 1. The lowest BCUT2D eigenvalue weighted by Gasteiger charge is -2.09. The summed E-state index contributed by atoms with van der Waals surface area (Å²) >= 11 is 3.17. The Morgan fingerprint density at radius 2 is 2.33 bits per heavy atom. The third-order valence-electron chi connectivity index (χ3n) is 1.98. The quantitative estimate of drug-likeness (QED) is 0.779. The van der Waals surface area contributed by atoms with Crippen LogP contribution in [0.15, 0.2) is 29.4 Å². The maximum absolute atomic E-state index is 11.9. The fraction of sp³-hybridized carbons (Fsp3) is 0.333. The minimum Gasteiger partial charge on any atom is -0.475 e. The van der Waals surface area contributed by atoms with Gasteiger partial charge in [0.25, 0.3) is 5.91 Å². The number of ether oxygens (including phenoxy) is 2. The van der Waals surface area contributed by atoms with Crippen LogP contribution in [-0.2, 0) is 4.74 Å². The maximum atomic E-state index is 11.9. The van der Waals surface area contributed by atoms with Gasteiger partial charge in [-0.05, 0) is 12.1 Å². The molecule has 6 heteroatoms. The van der Waals surface area contributed by atoms with E-state index in [9.17, 15) is 4.79 Å². The number of rotatable bonds is 7. The van der Waals surface area contributed by atoms with Gasteiger partial charge in [0.1, 0.15) is 12.2 Å². The van der Waals surface area contributed by atoms with Gasteiger partial charge in [-0.25, -0.2) is 4.98 Å². The summed E-state index contributed by atoms with van der Waals surface area (Å²) in [5, 5.41) is 2.69. The highest BCUT2D eigenvalue weighted by Crippen LogP contribution is 2.14. The number of carbonyl (C=O) groups is 1. The Bertz CT molecular complexity index is 424. The van der Waals surface area contributed by atoms with Crippen LogP contribution in [0.5, 0.6) is 5.88 Å². The Morgan fingerprint density at radius 3 is 3.00 bits per heavy atom. The Labute approximate surface area is 114 Å². The Hall–Kier alpha value is -1.40. The molecule has 1 aromatic rings. The average Bonchev–Trinajstić information content (AvgIpc) is 2.37. The SMILES string of the molecule is C=C(Br)CNC(=O)c1cccnc1OCCOC. The van der Waals surface area contributed by atoms with Crippen molar-refractivity contribution in [3.63, 3.8) is 0 Å². The molecule has 1 aromatic heterocycles. The zero-order chi connectivity index (χ0) is 13.4. The molecular weight excluding hydrogens is 300 g/mol. The predicted molar refractivity (Wildman–Crippen MR) is 72.0 cm³/mol. The predicted octanol–water partition coefficient (Wildman–Crippen LogP) is 1.75. The van der Waals surface area contributed by atoms with Crippen LogP contribution in [0.3, 0.4) is 0 Å². The second kappa shape index (κ2) is 7.84. The molecule has 0 spiro atoms. The normalized spacial score (nSPS) is 9.89. The summed E-state index contributed by atoms with van der Waals surface area (Å²) in [5.74, 6) is 0.0448. The standard InChI is InChI=1S/C12H15BrN2O3/c1-9(13)8-15-11(16)10-4-3-5-14-12(10)18-7-6-17-2/h3-5H,1,6-8H2,2H3,(H,15,16). The summed E-state index contributed by atoms with van der Waals surface area (Å²) in [6, 6.07) is 3.34. The minimum absolute atomic E-state index is 0.254. The topological polar surface area (TPSA) is 60.5 Å². The van der Waals surface area contributed by atoms with Crippen LogP contribution in [0.2, 0.25) is 0 Å². The van der Waals surface area contributed by atoms with Crippen molar-refractivity contribution in [1.82, 2.24) is 10.3 Å². The van der Waals surface area contributed by atoms with Crippen LogP contribution in [0.1, 0.15) is 10.4 Å². The summed E-state index contributed by atoms with van der Waals surface area (Å²) in [6.07, 6.45) is 1.57. The number of hydrogen-bond donors (Lipinski definition) is 1. The van der Waals surface area contributed by atoms with Crippen molar-refractivity contribution in [3.05, 3.63) is 35.0 Å². The van der Waals surface area contributed by atoms with Gasteiger partial charge in [0.2, 0.25) is 5.88 Å². The molecule has 0 atom stereocenters. The van der Waals surface area contributed by atoms with E-state index in [0.717, 1.165) is 0 Å². The largest absolute Gasteiger partial charge is 0.475 e. The van der Waals surface area contributed by atoms with Gasteiger partial charge in [-0.3, -0.25) is 4.79 Å². The zero-order valence-electron chi connectivity index (χ0n) is 10.1. The van der Waals surface area contributed by atoms with E-state index in [1.165, 1.54) is 0 Å². The summed E-state index contributed by atoms with van der Waals surface area (Å²) in [6.45, 7) is 4.78. The lowest BCUT2D eigenvalue weighted by molar-refractivity contribution is 0.0948. The van der Waals surface area contributed by atoms with E-state index < -0.39 is 0 Å². The van der Waals surface area contributed by atoms with Crippen molar-refractivity contribution in [2.45, 2.75) is 0 Å². The molecule has 0 bridgehead atoms. The third-order valence-corrected chi connectivity index (χ3v) is 2.26. The van der Waals surface area contributed by atoms with Gasteiger partial charge in [0.05, 0.1) is 6.61 Å². The molecule has 0 saturated heterocycles. The molecule has 0 unspecified atom stereocenters. The minimum atomic E-state index is -0.254. The number of aromatic nitrogens is 1. The lowest BCUT2D eigenvalue weighted by atomic mass is 10.2. The first-order valence-electron chi connectivity index (χ1n) is 5.33. The molecule has 1 amide bonds. The molecule has 18 heavy (non-hydrogen) atoms. The van der Waals surface area contributed by atoms with Crippen molar-refractivity contribution in [2.75, 3.05) is 26.9 Å². The van der Waals surface area contributed by atoms with Crippen LogP contribution in [0.25, 0.3) is 0 Å². The molecular formula is C12H15BrN2O3. The fourth-order valence-electron chi connectivity index (χ4n) is 1.17. The van der Waals surface area contributed by atoms with Crippen molar-refractivity contribution < 1.29 is 14.3 Å². The fourth-order valence-corrected chi connectivity index (χ4v) is 1.31. The number of hydrogen-bond acceptors (Lipinski definition) is 4. The van der Waals surface area contributed by atoms with Crippen molar-refractivity contribution >= 4 is 21.8 Å². The molecule has 0 aliphatic heterocycles. The monoisotopic (exact) mass is 314 g/mol. The highest BCUT2D eigenvalue weighted by Gasteiger charge is 2.12. The number of methoxy groups -OCH3 is 1. The molecule has 0 aliphatic rings. The van der Waals surface area contributed by atoms with E-state index in [4.69, 9.17) is 9.47 Å². The van der Waals surface area contributed by atoms with Gasteiger partial charge in [-0.2, -0.15) is 0 Å². The number of pyridine rings is 1. The lowest BCUT2D eigenvalue weighted by Crippen LogP contribution is -2.25. The molecule has 0 fully saturated rings. The molecule has 0 saturated carbocycles.